The standard InChI is InChI=1S/C25H18F3NO/c26-25(27,28)22(20-9-3-4-10-21(20)23-11-5-6-14-29-23)16-24(30)19-13-12-17-7-1-2-8-18(17)15-19/h1-15,22H,16H2. The van der Waals surface area contributed by atoms with Gasteiger partial charge in [-0.05, 0) is 34.5 Å². The van der Waals surface area contributed by atoms with Crippen LogP contribution in [0.15, 0.2) is 91.1 Å². The van der Waals surface area contributed by atoms with E-state index >= 15 is 0 Å². The first kappa shape index (κ1) is 19.8. The number of alkyl halides is 3. The number of halogens is 3. The Hall–Kier alpha value is -3.47. The van der Waals surface area contributed by atoms with Crippen LogP contribution in [-0.2, 0) is 0 Å². The topological polar surface area (TPSA) is 30.0 Å². The number of carbonyl (C=O) groups excluding carboxylic acids is 1. The Morgan fingerprint density at radius 1 is 0.833 bits per heavy atom. The zero-order valence-corrected chi connectivity index (χ0v) is 15.9. The minimum atomic E-state index is -4.57. The molecule has 0 aliphatic carbocycles. The summed E-state index contributed by atoms with van der Waals surface area (Å²) in [6.45, 7) is 0. The van der Waals surface area contributed by atoms with Crippen molar-refractivity contribution < 1.29 is 18.0 Å². The molecule has 0 bridgehead atoms. The van der Waals surface area contributed by atoms with E-state index in [0.29, 0.717) is 11.3 Å². The molecule has 1 atom stereocenters. The molecule has 0 aliphatic rings. The van der Waals surface area contributed by atoms with Crippen LogP contribution >= 0.6 is 0 Å². The van der Waals surface area contributed by atoms with E-state index in [-0.39, 0.29) is 11.1 Å². The van der Waals surface area contributed by atoms with Crippen LogP contribution in [0.25, 0.3) is 22.0 Å². The molecular weight excluding hydrogens is 387 g/mol. The smallest absolute Gasteiger partial charge is 0.294 e. The molecule has 0 N–H and O–H groups in total. The third kappa shape index (κ3) is 4.10. The van der Waals surface area contributed by atoms with Gasteiger partial charge in [0, 0.05) is 23.7 Å². The third-order valence-electron chi connectivity index (χ3n) is 5.13. The fraction of sp³-hybridized carbons (Fsp3) is 0.120. The number of hydrogen-bond donors (Lipinski definition) is 0. The lowest BCUT2D eigenvalue weighted by atomic mass is 9.86. The average molecular weight is 405 g/mol. The SMILES string of the molecule is O=C(CC(c1ccccc1-c1ccccn1)C(F)(F)F)c1ccc2ccccc2c1. The summed E-state index contributed by atoms with van der Waals surface area (Å²) in [4.78, 5) is 17.0. The number of hydrogen-bond acceptors (Lipinski definition) is 2. The van der Waals surface area contributed by atoms with E-state index in [1.807, 2.05) is 24.3 Å². The summed E-state index contributed by atoms with van der Waals surface area (Å²) in [5.74, 6) is -2.46. The van der Waals surface area contributed by atoms with Crippen molar-refractivity contribution in [2.75, 3.05) is 0 Å². The number of Topliss-reactive ketones (excluding diaryl/α,β-unsaturated/α-hetero) is 1. The van der Waals surface area contributed by atoms with E-state index in [0.717, 1.165) is 10.8 Å². The second kappa shape index (κ2) is 8.11. The Kier molecular flexibility index (Phi) is 5.36. The highest BCUT2D eigenvalue weighted by molar-refractivity contribution is 6.00. The lowest BCUT2D eigenvalue weighted by Gasteiger charge is -2.23. The molecule has 5 heteroatoms. The molecule has 0 saturated heterocycles. The first-order valence-electron chi connectivity index (χ1n) is 9.52. The van der Waals surface area contributed by atoms with Crippen LogP contribution in [0.4, 0.5) is 13.2 Å². The van der Waals surface area contributed by atoms with E-state index in [2.05, 4.69) is 4.98 Å². The molecule has 1 unspecified atom stereocenters. The highest BCUT2D eigenvalue weighted by Gasteiger charge is 2.43. The summed E-state index contributed by atoms with van der Waals surface area (Å²) in [6, 6.07) is 23.8. The van der Waals surface area contributed by atoms with Gasteiger partial charge in [-0.15, -0.1) is 0 Å². The Morgan fingerprint density at radius 3 is 2.27 bits per heavy atom. The van der Waals surface area contributed by atoms with E-state index < -0.39 is 24.3 Å². The van der Waals surface area contributed by atoms with E-state index in [4.69, 9.17) is 0 Å². The van der Waals surface area contributed by atoms with E-state index in [1.54, 1.807) is 54.6 Å². The van der Waals surface area contributed by atoms with Crippen LogP contribution < -0.4 is 0 Å². The molecule has 30 heavy (non-hydrogen) atoms. The van der Waals surface area contributed by atoms with Crippen LogP contribution in [0.1, 0.15) is 28.3 Å². The number of aromatic nitrogens is 1. The second-order valence-electron chi connectivity index (χ2n) is 7.09. The number of nitrogens with zero attached hydrogens (tertiary/aromatic N) is 1. The van der Waals surface area contributed by atoms with Gasteiger partial charge in [0.05, 0.1) is 11.6 Å². The highest BCUT2D eigenvalue weighted by Crippen LogP contribution is 2.42. The minimum absolute atomic E-state index is 0.0536. The normalized spacial score (nSPS) is 12.6. The maximum Gasteiger partial charge on any atom is 0.396 e. The zero-order valence-electron chi connectivity index (χ0n) is 15.9. The number of ketones is 1. The van der Waals surface area contributed by atoms with Gasteiger partial charge in [-0.1, -0.05) is 66.7 Å². The van der Waals surface area contributed by atoms with Crippen molar-refractivity contribution in [1.82, 2.24) is 4.98 Å². The van der Waals surface area contributed by atoms with Gasteiger partial charge in [0.25, 0.3) is 0 Å². The van der Waals surface area contributed by atoms with Crippen molar-refractivity contribution in [3.63, 3.8) is 0 Å². The first-order chi connectivity index (χ1) is 14.4. The van der Waals surface area contributed by atoms with Gasteiger partial charge in [0.1, 0.15) is 0 Å². The van der Waals surface area contributed by atoms with E-state index in [1.165, 1.54) is 12.3 Å². The number of carbonyl (C=O) groups is 1. The van der Waals surface area contributed by atoms with Gasteiger partial charge in [0.2, 0.25) is 0 Å². The summed E-state index contributed by atoms with van der Waals surface area (Å²) in [7, 11) is 0. The van der Waals surface area contributed by atoms with Crippen molar-refractivity contribution in [1.29, 1.82) is 0 Å². The summed E-state index contributed by atoms with van der Waals surface area (Å²) in [5.41, 5.74) is 1.16. The maximum atomic E-state index is 14.1. The molecule has 0 fully saturated rings. The quantitative estimate of drug-likeness (QED) is 0.341. The lowest BCUT2D eigenvalue weighted by Crippen LogP contribution is -2.24. The van der Waals surface area contributed by atoms with Crippen molar-refractivity contribution >= 4 is 16.6 Å². The third-order valence-corrected chi connectivity index (χ3v) is 5.13. The van der Waals surface area contributed by atoms with Gasteiger partial charge in [0.15, 0.2) is 5.78 Å². The second-order valence-corrected chi connectivity index (χ2v) is 7.09. The molecule has 1 aromatic heterocycles. The summed E-state index contributed by atoms with van der Waals surface area (Å²) in [5, 5.41) is 1.75. The first-order valence-corrected chi connectivity index (χ1v) is 9.52. The van der Waals surface area contributed by atoms with Gasteiger partial charge < -0.3 is 0 Å². The van der Waals surface area contributed by atoms with Gasteiger partial charge in [-0.2, -0.15) is 13.2 Å². The number of benzene rings is 3. The molecule has 0 aliphatic heterocycles. The molecule has 0 spiro atoms. The fourth-order valence-corrected chi connectivity index (χ4v) is 3.62. The van der Waals surface area contributed by atoms with Crippen molar-refractivity contribution in [2.45, 2.75) is 18.5 Å². The summed E-state index contributed by atoms with van der Waals surface area (Å²) >= 11 is 0. The monoisotopic (exact) mass is 405 g/mol. The molecule has 0 saturated carbocycles. The van der Waals surface area contributed by atoms with Crippen molar-refractivity contribution in [3.05, 3.63) is 102 Å². The zero-order chi connectivity index (χ0) is 21.1. The summed E-state index contributed by atoms with van der Waals surface area (Å²) in [6.07, 6.45) is -3.70. The van der Waals surface area contributed by atoms with Gasteiger partial charge in [-0.25, -0.2) is 0 Å². The van der Waals surface area contributed by atoms with E-state index in [9.17, 15) is 18.0 Å². The predicted molar refractivity (Wildman–Crippen MR) is 111 cm³/mol. The van der Waals surface area contributed by atoms with Crippen LogP contribution in [-0.4, -0.2) is 16.9 Å². The number of pyridine rings is 1. The average Bonchev–Trinajstić information content (AvgIpc) is 2.77. The number of fused-ring (bicyclic) bond motifs is 1. The predicted octanol–water partition coefficient (Wildman–Crippen LogP) is 6.82. The highest BCUT2D eigenvalue weighted by atomic mass is 19.4. The molecule has 3 aromatic carbocycles. The molecule has 150 valence electrons. The molecule has 4 aromatic rings. The Morgan fingerprint density at radius 2 is 1.53 bits per heavy atom. The minimum Gasteiger partial charge on any atom is -0.294 e. The Labute approximate surface area is 172 Å². The lowest BCUT2D eigenvalue weighted by molar-refractivity contribution is -0.149. The van der Waals surface area contributed by atoms with Gasteiger partial charge >= 0.3 is 6.18 Å². The Balaban J connectivity index is 1.72. The molecule has 2 nitrogen and oxygen atoms in total. The largest absolute Gasteiger partial charge is 0.396 e. The molecule has 4 rings (SSSR count). The van der Waals surface area contributed by atoms with Crippen molar-refractivity contribution in [3.8, 4) is 11.3 Å². The Bertz CT molecular complexity index is 1190. The maximum absolute atomic E-state index is 14.1. The molecule has 0 amide bonds. The van der Waals surface area contributed by atoms with Crippen LogP contribution in [0.2, 0.25) is 0 Å². The summed E-state index contributed by atoms with van der Waals surface area (Å²) < 4.78 is 42.2. The molecule has 0 radical (unpaired) electrons. The van der Waals surface area contributed by atoms with Crippen LogP contribution in [0.3, 0.4) is 0 Å². The number of rotatable bonds is 5. The van der Waals surface area contributed by atoms with Gasteiger partial charge in [-0.3, -0.25) is 9.78 Å². The fourth-order valence-electron chi connectivity index (χ4n) is 3.62. The molecular formula is C25H18F3NO. The van der Waals surface area contributed by atoms with Crippen LogP contribution in [0, 0.1) is 0 Å². The van der Waals surface area contributed by atoms with Crippen LogP contribution in [0.5, 0.6) is 0 Å². The molecule has 1 heterocycles. The van der Waals surface area contributed by atoms with Crippen molar-refractivity contribution in [2.24, 2.45) is 0 Å².